The molecule has 0 saturated heterocycles. The van der Waals surface area contributed by atoms with Gasteiger partial charge in [0, 0.05) is 15.8 Å². The smallest absolute Gasteiger partial charge is 0.0870 e. The van der Waals surface area contributed by atoms with Crippen LogP contribution in [0.5, 0.6) is 0 Å². The highest BCUT2D eigenvalue weighted by molar-refractivity contribution is 7.99. The number of nitrogens with one attached hydrogen (secondary N) is 1. The highest BCUT2D eigenvalue weighted by atomic mass is 32.2. The van der Waals surface area contributed by atoms with Crippen molar-refractivity contribution < 1.29 is 19.8 Å². The molecule has 6 heteroatoms. The minimum atomic E-state index is -2.19. The van der Waals surface area contributed by atoms with Gasteiger partial charge in [0.15, 0.2) is 0 Å². The number of hydrogen-bond donors (Lipinski definition) is 1. The third-order valence-corrected chi connectivity index (χ3v) is 4.26. The number of benzene rings is 2. The predicted octanol–water partition coefficient (Wildman–Crippen LogP) is 0.474. The number of carbonyl (C=O) groups excluding carboxylic acids is 2. The molecule has 2 rings (SSSR count). The summed E-state index contributed by atoms with van der Waals surface area (Å²) >= 11 is 1.84. The van der Waals surface area contributed by atoms with Crippen LogP contribution >= 0.6 is 11.8 Å². The van der Waals surface area contributed by atoms with E-state index in [4.69, 9.17) is 19.8 Å². The summed E-state index contributed by atoms with van der Waals surface area (Å²) in [7, 11) is 2.01. The Morgan fingerprint density at radius 1 is 1.00 bits per heavy atom. The van der Waals surface area contributed by atoms with Crippen LogP contribution in [0.1, 0.15) is 12.5 Å². The summed E-state index contributed by atoms with van der Waals surface area (Å²) in [6, 6.07) is 19.7. The molecule has 0 radical (unpaired) electrons. The van der Waals surface area contributed by atoms with Crippen LogP contribution in [0, 0.1) is 0 Å². The molecule has 24 heavy (non-hydrogen) atoms. The minimum absolute atomic E-state index is 0.502. The van der Waals surface area contributed by atoms with Gasteiger partial charge >= 0.3 is 0 Å². The summed E-state index contributed by atoms with van der Waals surface area (Å²) in [6.07, 6.45) is 1.06. The fraction of sp³-hybridized carbons (Fsp3) is 0.222. The lowest BCUT2D eigenvalue weighted by atomic mass is 10.1. The first-order valence-electron chi connectivity index (χ1n) is 7.34. The van der Waals surface area contributed by atoms with Crippen molar-refractivity contribution in [2.75, 3.05) is 7.05 Å². The second-order valence-corrected chi connectivity index (χ2v) is 6.11. The van der Waals surface area contributed by atoms with Gasteiger partial charge in [-0.2, -0.15) is 0 Å². The summed E-state index contributed by atoms with van der Waals surface area (Å²) in [5, 5.41) is 21.1. The number of carboxylic acids is 2. The molecule has 2 aromatic carbocycles. The van der Waals surface area contributed by atoms with Gasteiger partial charge in [-0.15, -0.1) is 0 Å². The molecule has 0 saturated carbocycles. The van der Waals surface area contributed by atoms with Crippen LogP contribution in [0.25, 0.3) is 0 Å². The second-order valence-electron chi connectivity index (χ2n) is 4.99. The molecule has 0 aliphatic rings. The van der Waals surface area contributed by atoms with Crippen molar-refractivity contribution in [2.45, 2.75) is 29.2 Å². The van der Waals surface area contributed by atoms with E-state index in [1.807, 2.05) is 18.8 Å². The highest BCUT2D eigenvalue weighted by Crippen LogP contribution is 2.30. The molecule has 0 fully saturated rings. The third-order valence-electron chi connectivity index (χ3n) is 3.13. The number of aliphatic carboxylic acids is 2. The maximum absolute atomic E-state index is 8.93. The fourth-order valence-electron chi connectivity index (χ4n) is 1.82. The Balaban J connectivity index is 0.000000413. The topological polar surface area (TPSA) is 92.3 Å². The van der Waals surface area contributed by atoms with E-state index in [1.165, 1.54) is 15.4 Å². The quantitative estimate of drug-likeness (QED) is 0.792. The zero-order valence-corrected chi connectivity index (χ0v) is 14.3. The molecule has 1 unspecified atom stereocenters. The summed E-state index contributed by atoms with van der Waals surface area (Å²) < 4.78 is 0. The van der Waals surface area contributed by atoms with E-state index in [0.717, 1.165) is 6.42 Å². The summed E-state index contributed by atoms with van der Waals surface area (Å²) in [5.41, 5.74) is 1.41. The number of hydrogen-bond acceptors (Lipinski definition) is 6. The molecule has 0 aliphatic heterocycles. The van der Waals surface area contributed by atoms with Gasteiger partial charge in [0.05, 0.1) is 11.9 Å². The monoisotopic (exact) mass is 345 g/mol. The molecule has 0 spiro atoms. The molecule has 0 bridgehead atoms. The van der Waals surface area contributed by atoms with Crippen molar-refractivity contribution in [2.24, 2.45) is 0 Å². The lowest BCUT2D eigenvalue weighted by Crippen LogP contribution is -2.42. The standard InChI is InChI=1S/C16H19NS.C2H2O4/c1-13(17-2)12-14-8-6-7-11-16(14)18-15-9-4-3-5-10-15;3-1(4)2(5)6/h3-11,13,17H,12H2,1-2H3;(H,3,4)(H,5,6)/p-2. The van der Waals surface area contributed by atoms with Gasteiger partial charge < -0.3 is 25.1 Å². The van der Waals surface area contributed by atoms with Gasteiger partial charge in [-0.1, -0.05) is 48.2 Å². The van der Waals surface area contributed by atoms with Crippen LogP contribution in [-0.2, 0) is 16.0 Å². The molecule has 5 nitrogen and oxygen atoms in total. The molecule has 1 N–H and O–H groups in total. The largest absolute Gasteiger partial charge is 0.543 e. The lowest BCUT2D eigenvalue weighted by Gasteiger charge is -2.13. The first kappa shape index (κ1) is 19.7. The van der Waals surface area contributed by atoms with E-state index in [9.17, 15) is 0 Å². The second kappa shape index (κ2) is 10.5. The van der Waals surface area contributed by atoms with Crippen molar-refractivity contribution in [3.63, 3.8) is 0 Å². The average molecular weight is 345 g/mol. The molecule has 0 amide bonds. The molecular weight excluding hydrogens is 326 g/mol. The van der Waals surface area contributed by atoms with Gasteiger partial charge in [-0.3, -0.25) is 0 Å². The van der Waals surface area contributed by atoms with Crippen LogP contribution < -0.4 is 15.5 Å². The number of likely N-dealkylation sites (N-methyl/N-ethyl adjacent to an activating group) is 1. The van der Waals surface area contributed by atoms with Gasteiger partial charge in [0.2, 0.25) is 0 Å². The van der Waals surface area contributed by atoms with Crippen molar-refractivity contribution in [1.82, 2.24) is 5.32 Å². The van der Waals surface area contributed by atoms with Crippen LogP contribution in [0.15, 0.2) is 64.4 Å². The van der Waals surface area contributed by atoms with E-state index in [2.05, 4.69) is 66.8 Å². The summed E-state index contributed by atoms with van der Waals surface area (Å²) in [4.78, 5) is 20.5. The van der Waals surface area contributed by atoms with Crippen molar-refractivity contribution in [3.05, 3.63) is 60.2 Å². The number of rotatable bonds is 5. The molecule has 1 atom stereocenters. The summed E-state index contributed by atoms with van der Waals surface area (Å²) in [6.45, 7) is 2.21. The van der Waals surface area contributed by atoms with E-state index in [1.54, 1.807) is 0 Å². The Kier molecular flexibility index (Phi) is 8.60. The van der Waals surface area contributed by atoms with Crippen LogP contribution in [0.4, 0.5) is 0 Å². The van der Waals surface area contributed by atoms with E-state index >= 15 is 0 Å². The normalized spacial score (nSPS) is 11.1. The minimum Gasteiger partial charge on any atom is -0.543 e. The summed E-state index contributed by atoms with van der Waals surface area (Å²) in [5.74, 6) is -4.37. The van der Waals surface area contributed by atoms with Gasteiger partial charge in [0.25, 0.3) is 0 Å². The maximum atomic E-state index is 8.93. The molecule has 0 aromatic heterocycles. The Bertz CT molecular complexity index is 649. The Hall–Kier alpha value is -2.31. The van der Waals surface area contributed by atoms with E-state index < -0.39 is 11.9 Å². The number of carbonyl (C=O) groups is 2. The zero-order valence-electron chi connectivity index (χ0n) is 13.5. The predicted molar refractivity (Wildman–Crippen MR) is 89.2 cm³/mol. The van der Waals surface area contributed by atoms with Crippen LogP contribution in [0.2, 0.25) is 0 Å². The van der Waals surface area contributed by atoms with Gasteiger partial charge in [-0.05, 0) is 44.2 Å². The first-order chi connectivity index (χ1) is 11.4. The van der Waals surface area contributed by atoms with E-state index in [-0.39, 0.29) is 0 Å². The maximum Gasteiger partial charge on any atom is 0.0870 e. The highest BCUT2D eigenvalue weighted by Gasteiger charge is 2.06. The first-order valence-corrected chi connectivity index (χ1v) is 8.16. The molecule has 128 valence electrons. The molecule has 0 aliphatic carbocycles. The number of carboxylic acid groups (broad SMARTS) is 2. The van der Waals surface area contributed by atoms with Crippen molar-refractivity contribution >= 4 is 23.7 Å². The Morgan fingerprint density at radius 2 is 1.54 bits per heavy atom. The average Bonchev–Trinajstić information content (AvgIpc) is 2.58. The Morgan fingerprint density at radius 3 is 2.08 bits per heavy atom. The molecular formula is C18H19NO4S-2. The lowest BCUT2D eigenvalue weighted by molar-refractivity contribution is -0.345. The fourth-order valence-corrected chi connectivity index (χ4v) is 2.80. The van der Waals surface area contributed by atoms with Crippen molar-refractivity contribution in [3.8, 4) is 0 Å². The van der Waals surface area contributed by atoms with Gasteiger partial charge in [0.1, 0.15) is 0 Å². The Labute approximate surface area is 145 Å². The molecule has 2 aromatic rings. The van der Waals surface area contributed by atoms with Crippen LogP contribution in [0.3, 0.4) is 0 Å². The zero-order chi connectivity index (χ0) is 17.9. The molecule has 0 heterocycles. The SMILES string of the molecule is CNC(C)Cc1ccccc1Sc1ccccc1.O=C([O-])C(=O)[O-]. The van der Waals surface area contributed by atoms with Gasteiger partial charge in [-0.25, -0.2) is 0 Å². The van der Waals surface area contributed by atoms with Crippen LogP contribution in [-0.4, -0.2) is 25.0 Å². The van der Waals surface area contributed by atoms with E-state index in [0.29, 0.717) is 6.04 Å². The van der Waals surface area contributed by atoms with Crippen molar-refractivity contribution in [1.29, 1.82) is 0 Å². The third kappa shape index (κ3) is 7.30.